The second kappa shape index (κ2) is 6.55. The molecule has 2 rings (SSSR count). The lowest BCUT2D eigenvalue weighted by molar-refractivity contribution is -0.114. The third-order valence-corrected chi connectivity index (χ3v) is 5.12. The lowest BCUT2D eigenvalue weighted by Crippen LogP contribution is -2.42. The molecule has 0 spiro atoms. The van der Waals surface area contributed by atoms with Crippen LogP contribution in [0.3, 0.4) is 0 Å². The van der Waals surface area contributed by atoms with E-state index >= 15 is 0 Å². The van der Waals surface area contributed by atoms with Gasteiger partial charge in [0.05, 0.1) is 5.69 Å². The monoisotopic (exact) mass is 366 g/mol. The van der Waals surface area contributed by atoms with Gasteiger partial charge in [0.1, 0.15) is 0 Å². The molecule has 0 unspecified atom stereocenters. The van der Waals surface area contributed by atoms with Gasteiger partial charge in [0.2, 0.25) is 5.91 Å². The van der Waals surface area contributed by atoms with E-state index in [1.54, 1.807) is 12.1 Å². The molecule has 0 aliphatic heterocycles. The quantitative estimate of drug-likeness (QED) is 0.798. The van der Waals surface area contributed by atoms with E-state index < -0.39 is 26.2 Å². The van der Waals surface area contributed by atoms with E-state index in [0.717, 1.165) is 9.13 Å². The molecule has 1 aromatic heterocycles. The molecule has 1 heterocycles. The van der Waals surface area contributed by atoms with Crippen LogP contribution >= 0.6 is 0 Å². The second-order valence-electron chi connectivity index (χ2n) is 5.49. The van der Waals surface area contributed by atoms with Crippen LogP contribution in [0.1, 0.15) is 12.6 Å². The summed E-state index contributed by atoms with van der Waals surface area (Å²) in [6, 6.07) is 6.04. The average Bonchev–Trinajstić information content (AvgIpc) is 2.50. The Morgan fingerprint density at radius 2 is 1.68 bits per heavy atom. The van der Waals surface area contributed by atoms with Gasteiger partial charge in [0, 0.05) is 32.4 Å². The van der Waals surface area contributed by atoms with E-state index in [9.17, 15) is 22.8 Å². The number of sulfonamides is 1. The Hall–Kier alpha value is -2.88. The van der Waals surface area contributed by atoms with Gasteiger partial charge >= 0.3 is 5.69 Å². The zero-order valence-electron chi connectivity index (χ0n) is 14.2. The molecule has 2 aromatic rings. The fourth-order valence-electron chi connectivity index (χ4n) is 2.29. The van der Waals surface area contributed by atoms with Crippen LogP contribution in [0.25, 0.3) is 0 Å². The first-order chi connectivity index (χ1) is 11.5. The molecule has 0 atom stereocenters. The van der Waals surface area contributed by atoms with E-state index in [1.165, 1.54) is 40.1 Å². The van der Waals surface area contributed by atoms with Gasteiger partial charge in [-0.1, -0.05) is 6.07 Å². The van der Waals surface area contributed by atoms with Crippen molar-refractivity contribution in [2.75, 3.05) is 10.0 Å². The third kappa shape index (κ3) is 3.63. The Kier molecular flexibility index (Phi) is 4.84. The maximum atomic E-state index is 12.7. The molecule has 0 radical (unpaired) electrons. The average molecular weight is 366 g/mol. The van der Waals surface area contributed by atoms with Gasteiger partial charge in [-0.2, -0.15) is 0 Å². The molecule has 25 heavy (non-hydrogen) atoms. The predicted octanol–water partition coefficient (Wildman–Crippen LogP) is 0.152. The van der Waals surface area contributed by atoms with Crippen LogP contribution < -0.4 is 21.3 Å². The van der Waals surface area contributed by atoms with Crippen LogP contribution in [0.15, 0.2) is 38.8 Å². The lowest BCUT2D eigenvalue weighted by Gasteiger charge is -2.14. The molecule has 0 bridgehead atoms. The van der Waals surface area contributed by atoms with Crippen molar-refractivity contribution in [2.24, 2.45) is 14.1 Å². The molecule has 0 aliphatic rings. The number of amides is 1. The zero-order valence-corrected chi connectivity index (χ0v) is 15.0. The number of carbonyl (C=O) groups is 1. The third-order valence-electron chi connectivity index (χ3n) is 3.61. The van der Waals surface area contributed by atoms with Crippen LogP contribution in [0.4, 0.5) is 11.4 Å². The Labute approximate surface area is 144 Å². The second-order valence-corrected chi connectivity index (χ2v) is 7.11. The van der Waals surface area contributed by atoms with E-state index in [1.807, 2.05) is 0 Å². The van der Waals surface area contributed by atoms with Crippen LogP contribution in [0.5, 0.6) is 0 Å². The summed E-state index contributed by atoms with van der Waals surface area (Å²) in [5.74, 6) is -0.303. The number of carbonyl (C=O) groups excluding carboxylic acids is 1. The van der Waals surface area contributed by atoms with Crippen LogP contribution in [-0.4, -0.2) is 23.5 Å². The highest BCUT2D eigenvalue weighted by atomic mass is 32.2. The number of nitrogens with one attached hydrogen (secondary N) is 2. The van der Waals surface area contributed by atoms with Crippen LogP contribution in [0, 0.1) is 6.92 Å². The number of hydrogen-bond acceptors (Lipinski definition) is 5. The summed E-state index contributed by atoms with van der Waals surface area (Å²) >= 11 is 0. The molecule has 0 saturated carbocycles. The first-order valence-corrected chi connectivity index (χ1v) is 8.70. The normalized spacial score (nSPS) is 11.2. The number of anilines is 2. The number of nitrogens with zero attached hydrogens (tertiary/aromatic N) is 2. The van der Waals surface area contributed by atoms with Gasteiger partial charge in [-0.3, -0.25) is 23.4 Å². The minimum absolute atomic E-state index is 0.0265. The van der Waals surface area contributed by atoms with Crippen molar-refractivity contribution in [3.8, 4) is 0 Å². The Balaban J connectivity index is 2.53. The van der Waals surface area contributed by atoms with Gasteiger partial charge in [-0.05, 0) is 25.1 Å². The molecular formula is C15H18N4O5S. The van der Waals surface area contributed by atoms with Crippen molar-refractivity contribution in [1.82, 2.24) is 9.13 Å². The fourth-order valence-corrected chi connectivity index (χ4v) is 3.73. The Bertz CT molecular complexity index is 1070. The number of benzene rings is 1. The molecule has 9 nitrogen and oxygen atoms in total. The van der Waals surface area contributed by atoms with Crippen molar-refractivity contribution in [1.29, 1.82) is 0 Å². The smallest absolute Gasteiger partial charge is 0.326 e. The highest BCUT2D eigenvalue weighted by molar-refractivity contribution is 7.92. The Morgan fingerprint density at radius 1 is 1.08 bits per heavy atom. The van der Waals surface area contributed by atoms with E-state index in [2.05, 4.69) is 10.0 Å². The maximum Gasteiger partial charge on any atom is 0.330 e. The highest BCUT2D eigenvalue weighted by Crippen LogP contribution is 2.19. The fraction of sp³-hybridized carbons (Fsp3) is 0.267. The van der Waals surface area contributed by atoms with Crippen molar-refractivity contribution in [3.63, 3.8) is 0 Å². The SMILES string of the molecule is CC(=O)Nc1cccc(NS(=O)(=O)c2c(C)n(C)c(=O)n(C)c2=O)c1. The molecule has 1 amide bonds. The minimum Gasteiger partial charge on any atom is -0.326 e. The van der Waals surface area contributed by atoms with Crippen molar-refractivity contribution in [2.45, 2.75) is 18.7 Å². The minimum atomic E-state index is -4.24. The van der Waals surface area contributed by atoms with E-state index in [0.29, 0.717) is 5.69 Å². The standard InChI is InChI=1S/C15H18N4O5S/c1-9-13(14(21)19(4)15(22)18(9)3)25(23,24)17-12-7-5-6-11(8-12)16-10(2)20/h5-8,17H,1-4H3,(H,16,20). The van der Waals surface area contributed by atoms with Crippen molar-refractivity contribution < 1.29 is 13.2 Å². The van der Waals surface area contributed by atoms with Gasteiger partial charge in [0.15, 0.2) is 4.90 Å². The molecule has 1 aromatic carbocycles. The van der Waals surface area contributed by atoms with E-state index in [-0.39, 0.29) is 17.3 Å². The topological polar surface area (TPSA) is 119 Å². The van der Waals surface area contributed by atoms with Crippen LogP contribution in [-0.2, 0) is 28.9 Å². The lowest BCUT2D eigenvalue weighted by atomic mass is 10.3. The summed E-state index contributed by atoms with van der Waals surface area (Å²) in [6.45, 7) is 2.71. The predicted molar refractivity (Wildman–Crippen MR) is 93.2 cm³/mol. The molecule has 134 valence electrons. The zero-order chi connectivity index (χ0) is 18.9. The molecule has 0 fully saturated rings. The van der Waals surface area contributed by atoms with Crippen LogP contribution in [0.2, 0.25) is 0 Å². The molecule has 2 N–H and O–H groups in total. The molecule has 0 aliphatic carbocycles. The van der Waals surface area contributed by atoms with Gasteiger partial charge < -0.3 is 5.32 Å². The molecular weight excluding hydrogens is 348 g/mol. The summed E-state index contributed by atoms with van der Waals surface area (Å²) in [6.07, 6.45) is 0. The van der Waals surface area contributed by atoms with E-state index in [4.69, 9.17) is 0 Å². The maximum absolute atomic E-state index is 12.7. The summed E-state index contributed by atoms with van der Waals surface area (Å²) in [5.41, 5.74) is -0.932. The van der Waals surface area contributed by atoms with Crippen molar-refractivity contribution >= 4 is 27.3 Å². The summed E-state index contributed by atoms with van der Waals surface area (Å²) in [5, 5.41) is 2.53. The summed E-state index contributed by atoms with van der Waals surface area (Å²) < 4.78 is 29.4. The first kappa shape index (κ1) is 18.5. The first-order valence-electron chi connectivity index (χ1n) is 7.21. The van der Waals surface area contributed by atoms with Gasteiger partial charge in [-0.15, -0.1) is 0 Å². The molecule has 10 heteroatoms. The van der Waals surface area contributed by atoms with Crippen molar-refractivity contribution in [3.05, 3.63) is 50.8 Å². The number of aromatic nitrogens is 2. The number of rotatable bonds is 4. The van der Waals surface area contributed by atoms with Gasteiger partial charge in [-0.25, -0.2) is 13.2 Å². The Morgan fingerprint density at radius 3 is 2.28 bits per heavy atom. The summed E-state index contributed by atoms with van der Waals surface area (Å²) in [7, 11) is -1.65. The summed E-state index contributed by atoms with van der Waals surface area (Å²) in [4.78, 5) is 34.7. The largest absolute Gasteiger partial charge is 0.330 e. The highest BCUT2D eigenvalue weighted by Gasteiger charge is 2.25. The number of hydrogen-bond donors (Lipinski definition) is 2. The molecule has 0 saturated heterocycles. The van der Waals surface area contributed by atoms with Gasteiger partial charge in [0.25, 0.3) is 15.6 Å².